The predicted molar refractivity (Wildman–Crippen MR) is 69.6 cm³/mol. The van der Waals surface area contributed by atoms with E-state index >= 15 is 0 Å². The van der Waals surface area contributed by atoms with Gasteiger partial charge in [0.05, 0.1) is 12.7 Å². The van der Waals surface area contributed by atoms with E-state index in [1.807, 2.05) is 7.05 Å². The van der Waals surface area contributed by atoms with E-state index in [1.165, 1.54) is 12.1 Å². The fraction of sp³-hybridized carbons (Fsp3) is 0.182. The summed E-state index contributed by atoms with van der Waals surface area (Å²) in [5, 5.41) is 3.74. The van der Waals surface area contributed by atoms with Gasteiger partial charge >= 0.3 is 0 Å². The normalized spacial score (nSPS) is 10.6. The van der Waals surface area contributed by atoms with Gasteiger partial charge in [-0.3, -0.25) is 0 Å². The average Bonchev–Trinajstić information content (AvgIpc) is 2.59. The molecule has 0 aliphatic heterocycles. The zero-order chi connectivity index (χ0) is 12.4. The highest BCUT2D eigenvalue weighted by Gasteiger charge is 2.05. The van der Waals surface area contributed by atoms with Crippen molar-refractivity contribution in [3.8, 4) is 0 Å². The van der Waals surface area contributed by atoms with Crippen molar-refractivity contribution >= 4 is 33.2 Å². The maximum atomic E-state index is 12.9. The SMILES string of the molecule is Cn1c(Cl)cnc1CNc1ccc(F)cc1Br. The van der Waals surface area contributed by atoms with Gasteiger partial charge in [-0.2, -0.15) is 0 Å². The molecule has 1 heterocycles. The number of aromatic nitrogens is 2. The summed E-state index contributed by atoms with van der Waals surface area (Å²) < 4.78 is 15.3. The number of hydrogen-bond acceptors (Lipinski definition) is 2. The molecule has 0 fully saturated rings. The van der Waals surface area contributed by atoms with Crippen molar-refractivity contribution in [2.24, 2.45) is 7.05 Å². The van der Waals surface area contributed by atoms with Crippen molar-refractivity contribution in [3.63, 3.8) is 0 Å². The van der Waals surface area contributed by atoms with Crippen LogP contribution in [0.15, 0.2) is 28.9 Å². The maximum Gasteiger partial charge on any atom is 0.128 e. The first-order valence-corrected chi connectivity index (χ1v) is 6.10. The Bertz CT molecular complexity index is 542. The number of hydrogen-bond donors (Lipinski definition) is 1. The lowest BCUT2D eigenvalue weighted by Gasteiger charge is -2.08. The summed E-state index contributed by atoms with van der Waals surface area (Å²) in [6.45, 7) is 0.521. The van der Waals surface area contributed by atoms with E-state index in [2.05, 4.69) is 26.2 Å². The summed E-state index contributed by atoms with van der Waals surface area (Å²) >= 11 is 9.17. The predicted octanol–water partition coefficient (Wildman–Crippen LogP) is 3.59. The molecule has 0 saturated carbocycles. The molecule has 0 unspecified atom stereocenters. The van der Waals surface area contributed by atoms with Crippen LogP contribution in [-0.4, -0.2) is 9.55 Å². The molecule has 0 bridgehead atoms. The van der Waals surface area contributed by atoms with Crippen LogP contribution in [0.5, 0.6) is 0 Å². The Morgan fingerprint density at radius 2 is 2.29 bits per heavy atom. The number of nitrogens with zero attached hydrogens (tertiary/aromatic N) is 2. The van der Waals surface area contributed by atoms with Crippen LogP contribution in [0, 0.1) is 5.82 Å². The molecule has 6 heteroatoms. The molecule has 1 aromatic heterocycles. The minimum atomic E-state index is -0.275. The number of anilines is 1. The molecule has 0 radical (unpaired) electrons. The van der Waals surface area contributed by atoms with Crippen LogP contribution in [-0.2, 0) is 13.6 Å². The van der Waals surface area contributed by atoms with Crippen molar-refractivity contribution in [1.82, 2.24) is 9.55 Å². The van der Waals surface area contributed by atoms with Crippen LogP contribution in [0.4, 0.5) is 10.1 Å². The minimum Gasteiger partial charge on any atom is -0.377 e. The Hall–Kier alpha value is -1.07. The molecule has 0 aliphatic rings. The Labute approximate surface area is 112 Å². The van der Waals surface area contributed by atoms with E-state index in [4.69, 9.17) is 11.6 Å². The average molecular weight is 319 g/mol. The van der Waals surface area contributed by atoms with Crippen LogP contribution in [0.2, 0.25) is 5.15 Å². The number of imidazole rings is 1. The molecule has 17 heavy (non-hydrogen) atoms. The number of benzene rings is 1. The number of nitrogens with one attached hydrogen (secondary N) is 1. The lowest BCUT2D eigenvalue weighted by Crippen LogP contribution is -2.06. The maximum absolute atomic E-state index is 12.9. The van der Waals surface area contributed by atoms with E-state index in [-0.39, 0.29) is 5.82 Å². The molecule has 1 aromatic carbocycles. The quantitative estimate of drug-likeness (QED) is 0.937. The van der Waals surface area contributed by atoms with Gasteiger partial charge in [0.15, 0.2) is 0 Å². The molecule has 2 rings (SSSR count). The van der Waals surface area contributed by atoms with E-state index in [0.29, 0.717) is 16.2 Å². The van der Waals surface area contributed by atoms with Gasteiger partial charge in [-0.25, -0.2) is 9.37 Å². The topological polar surface area (TPSA) is 29.9 Å². The summed E-state index contributed by atoms with van der Waals surface area (Å²) in [6, 6.07) is 4.48. The van der Waals surface area contributed by atoms with E-state index in [9.17, 15) is 4.39 Å². The van der Waals surface area contributed by atoms with Gasteiger partial charge in [-0.05, 0) is 34.1 Å². The third kappa shape index (κ3) is 2.79. The van der Waals surface area contributed by atoms with Crippen molar-refractivity contribution in [2.75, 3.05) is 5.32 Å². The number of halogens is 3. The highest BCUT2D eigenvalue weighted by Crippen LogP contribution is 2.23. The monoisotopic (exact) mass is 317 g/mol. The molecule has 0 amide bonds. The third-order valence-corrected chi connectivity index (χ3v) is 3.40. The largest absolute Gasteiger partial charge is 0.377 e. The van der Waals surface area contributed by atoms with Crippen molar-refractivity contribution in [3.05, 3.63) is 45.7 Å². The second-order valence-corrected chi connectivity index (χ2v) is 4.78. The van der Waals surface area contributed by atoms with Crippen molar-refractivity contribution in [1.29, 1.82) is 0 Å². The second kappa shape index (κ2) is 5.06. The first-order chi connectivity index (χ1) is 8.08. The van der Waals surface area contributed by atoms with E-state index in [0.717, 1.165) is 11.5 Å². The molecule has 90 valence electrons. The molecule has 0 atom stereocenters. The number of rotatable bonds is 3. The molecular formula is C11H10BrClFN3. The summed E-state index contributed by atoms with van der Waals surface area (Å²) in [4.78, 5) is 4.16. The lowest BCUT2D eigenvalue weighted by atomic mass is 10.3. The Balaban J connectivity index is 2.10. The van der Waals surface area contributed by atoms with Gasteiger partial charge in [0.25, 0.3) is 0 Å². The molecule has 0 spiro atoms. The molecule has 2 aromatic rings. The van der Waals surface area contributed by atoms with Gasteiger partial charge < -0.3 is 9.88 Å². The van der Waals surface area contributed by atoms with Crippen LogP contribution < -0.4 is 5.32 Å². The summed E-state index contributed by atoms with van der Waals surface area (Å²) in [5.41, 5.74) is 0.811. The van der Waals surface area contributed by atoms with Crippen molar-refractivity contribution in [2.45, 2.75) is 6.54 Å². The summed E-state index contributed by atoms with van der Waals surface area (Å²) in [7, 11) is 1.84. The summed E-state index contributed by atoms with van der Waals surface area (Å²) in [6.07, 6.45) is 1.60. The van der Waals surface area contributed by atoms with Crippen LogP contribution >= 0.6 is 27.5 Å². The highest BCUT2D eigenvalue weighted by atomic mass is 79.9. The van der Waals surface area contributed by atoms with Gasteiger partial charge in [0.2, 0.25) is 0 Å². The fourth-order valence-electron chi connectivity index (χ4n) is 1.40. The van der Waals surface area contributed by atoms with Gasteiger partial charge in [-0.1, -0.05) is 11.6 Å². The third-order valence-electron chi connectivity index (χ3n) is 2.40. The zero-order valence-corrected chi connectivity index (χ0v) is 11.4. The zero-order valence-electron chi connectivity index (χ0n) is 9.04. The fourth-order valence-corrected chi connectivity index (χ4v) is 2.03. The van der Waals surface area contributed by atoms with Gasteiger partial charge in [0.1, 0.15) is 16.8 Å². The van der Waals surface area contributed by atoms with E-state index < -0.39 is 0 Å². The first kappa shape index (κ1) is 12.4. The second-order valence-electron chi connectivity index (χ2n) is 3.53. The van der Waals surface area contributed by atoms with Crippen LogP contribution in [0.1, 0.15) is 5.82 Å². The molecular weight excluding hydrogens is 308 g/mol. The minimum absolute atomic E-state index is 0.275. The van der Waals surface area contributed by atoms with Crippen LogP contribution in [0.3, 0.4) is 0 Å². The Morgan fingerprint density at radius 1 is 1.53 bits per heavy atom. The van der Waals surface area contributed by atoms with E-state index in [1.54, 1.807) is 16.8 Å². The molecule has 3 nitrogen and oxygen atoms in total. The summed E-state index contributed by atoms with van der Waals surface area (Å²) in [5.74, 6) is 0.536. The van der Waals surface area contributed by atoms with Crippen LogP contribution in [0.25, 0.3) is 0 Å². The smallest absolute Gasteiger partial charge is 0.128 e. The highest BCUT2D eigenvalue weighted by molar-refractivity contribution is 9.10. The first-order valence-electron chi connectivity index (χ1n) is 4.93. The van der Waals surface area contributed by atoms with Crippen molar-refractivity contribution < 1.29 is 4.39 Å². The van der Waals surface area contributed by atoms with Gasteiger partial charge in [-0.15, -0.1) is 0 Å². The Morgan fingerprint density at radius 3 is 2.88 bits per heavy atom. The molecule has 0 aliphatic carbocycles. The lowest BCUT2D eigenvalue weighted by molar-refractivity contribution is 0.627. The molecule has 1 N–H and O–H groups in total. The standard InChI is InChI=1S/C11H10BrClFN3/c1-17-10(13)5-16-11(17)6-15-9-3-2-7(14)4-8(9)12/h2-5,15H,6H2,1H3. The Kier molecular flexibility index (Phi) is 3.69. The van der Waals surface area contributed by atoms with Gasteiger partial charge in [0, 0.05) is 17.2 Å². The molecule has 0 saturated heterocycles.